The van der Waals surface area contributed by atoms with Crippen molar-refractivity contribution in [3.63, 3.8) is 0 Å². The third-order valence-corrected chi connectivity index (χ3v) is 9.89. The van der Waals surface area contributed by atoms with Crippen LogP contribution in [0.15, 0.2) is 152 Å². The second kappa shape index (κ2) is 10.2. The second-order valence-electron chi connectivity index (χ2n) is 12.4. The third-order valence-electron chi connectivity index (χ3n) is 9.89. The van der Waals surface area contributed by atoms with E-state index in [2.05, 4.69) is 158 Å². The van der Waals surface area contributed by atoms with Gasteiger partial charge in [-0.2, -0.15) is 5.26 Å². The summed E-state index contributed by atoms with van der Waals surface area (Å²) in [5.41, 5.74) is 10.2. The van der Waals surface area contributed by atoms with E-state index in [1.165, 1.54) is 21.5 Å². The van der Waals surface area contributed by atoms with Crippen LogP contribution < -0.4 is 0 Å². The van der Waals surface area contributed by atoms with E-state index in [4.69, 9.17) is 6.57 Å². The minimum atomic E-state index is 0.353. The first-order valence-electron chi connectivity index (χ1n) is 16.2. The highest BCUT2D eigenvalue weighted by Crippen LogP contribution is 2.42. The van der Waals surface area contributed by atoms with Crippen molar-refractivity contribution in [2.75, 3.05) is 0 Å². The lowest BCUT2D eigenvalue weighted by molar-refractivity contribution is 1.09. The molecule has 49 heavy (non-hydrogen) atoms. The Morgan fingerprint density at radius 1 is 0.429 bits per heavy atom. The van der Waals surface area contributed by atoms with Crippen LogP contribution in [0.25, 0.3) is 87.3 Å². The van der Waals surface area contributed by atoms with Gasteiger partial charge in [0.25, 0.3) is 0 Å². The van der Waals surface area contributed by atoms with Gasteiger partial charge in [-0.3, -0.25) is 0 Å². The smallest absolute Gasteiger partial charge is 0.204 e. The van der Waals surface area contributed by atoms with E-state index < -0.39 is 0 Å². The standard InChI is InChI=1S/C44H25N5/c1-46-36-23-22-29(24-28(36)27-45)47-37-17-7-6-16-34(37)35-25-43(48-38-18-8-2-12-30(38)31-13-3-9-19-39(31)48)44(26-42(35)47)49-40-20-10-4-14-32(40)33-15-5-11-21-41(33)49/h2-26H. The first-order chi connectivity index (χ1) is 24.2. The Labute approximate surface area is 281 Å². The molecule has 5 nitrogen and oxygen atoms in total. The second-order valence-corrected chi connectivity index (χ2v) is 12.4. The third kappa shape index (κ3) is 3.73. The van der Waals surface area contributed by atoms with Crippen molar-refractivity contribution in [2.45, 2.75) is 0 Å². The van der Waals surface area contributed by atoms with Gasteiger partial charge in [-0.1, -0.05) is 97.1 Å². The molecule has 0 N–H and O–H groups in total. The van der Waals surface area contributed by atoms with E-state index in [1.807, 2.05) is 12.1 Å². The summed E-state index contributed by atoms with van der Waals surface area (Å²) in [7, 11) is 0. The van der Waals surface area contributed by atoms with Gasteiger partial charge < -0.3 is 13.7 Å². The lowest BCUT2D eigenvalue weighted by Gasteiger charge is -2.18. The summed E-state index contributed by atoms with van der Waals surface area (Å²) >= 11 is 0. The lowest BCUT2D eigenvalue weighted by atomic mass is 10.1. The molecule has 0 aliphatic rings. The number of para-hydroxylation sites is 5. The van der Waals surface area contributed by atoms with Crippen LogP contribution in [0.4, 0.5) is 5.69 Å². The van der Waals surface area contributed by atoms with Gasteiger partial charge in [0, 0.05) is 38.0 Å². The molecule has 0 spiro atoms. The summed E-state index contributed by atoms with van der Waals surface area (Å²) in [6.07, 6.45) is 0. The number of benzene rings is 7. The largest absolute Gasteiger partial charge is 0.309 e. The number of hydrogen-bond donors (Lipinski definition) is 0. The van der Waals surface area contributed by atoms with Crippen molar-refractivity contribution in [3.8, 4) is 23.1 Å². The van der Waals surface area contributed by atoms with Crippen molar-refractivity contribution in [2.24, 2.45) is 0 Å². The predicted octanol–water partition coefficient (Wildman–Crippen LogP) is 11.4. The zero-order valence-corrected chi connectivity index (χ0v) is 26.2. The number of fused-ring (bicyclic) bond motifs is 9. The van der Waals surface area contributed by atoms with E-state index >= 15 is 0 Å². The molecule has 7 aromatic carbocycles. The molecule has 3 aromatic heterocycles. The molecule has 0 fully saturated rings. The molecule has 0 atom stereocenters. The predicted molar refractivity (Wildman–Crippen MR) is 200 cm³/mol. The fourth-order valence-electron chi connectivity index (χ4n) is 7.84. The maximum Gasteiger partial charge on any atom is 0.204 e. The molecule has 0 aliphatic heterocycles. The van der Waals surface area contributed by atoms with Crippen molar-refractivity contribution >= 4 is 71.1 Å². The van der Waals surface area contributed by atoms with E-state index in [9.17, 15) is 5.26 Å². The van der Waals surface area contributed by atoms with Crippen LogP contribution in [0, 0.1) is 17.9 Å². The summed E-state index contributed by atoms with van der Waals surface area (Å²) in [5, 5.41) is 17.0. The molecule has 0 aliphatic carbocycles. The zero-order valence-electron chi connectivity index (χ0n) is 26.2. The van der Waals surface area contributed by atoms with Crippen LogP contribution in [0.3, 0.4) is 0 Å². The quantitative estimate of drug-likeness (QED) is 0.181. The molecule has 226 valence electrons. The van der Waals surface area contributed by atoms with Gasteiger partial charge in [-0.15, -0.1) is 0 Å². The van der Waals surface area contributed by atoms with Crippen molar-refractivity contribution in [3.05, 3.63) is 169 Å². The summed E-state index contributed by atoms with van der Waals surface area (Å²) in [6.45, 7) is 7.60. The topological polar surface area (TPSA) is 42.9 Å². The van der Waals surface area contributed by atoms with Gasteiger partial charge in [-0.05, 0) is 54.6 Å². The molecule has 5 heteroatoms. The average Bonchev–Trinajstić information content (AvgIpc) is 3.79. The Morgan fingerprint density at radius 2 is 0.837 bits per heavy atom. The van der Waals surface area contributed by atoms with E-state index in [-0.39, 0.29) is 0 Å². The van der Waals surface area contributed by atoms with Gasteiger partial charge in [0.1, 0.15) is 0 Å². The maximum atomic E-state index is 9.97. The number of aromatic nitrogens is 3. The first kappa shape index (κ1) is 27.1. The van der Waals surface area contributed by atoms with Crippen LogP contribution in [0.2, 0.25) is 0 Å². The summed E-state index contributed by atoms with van der Waals surface area (Å²) in [4.78, 5) is 3.60. The number of nitrogens with zero attached hydrogens (tertiary/aromatic N) is 5. The van der Waals surface area contributed by atoms with Crippen molar-refractivity contribution < 1.29 is 0 Å². The van der Waals surface area contributed by atoms with Gasteiger partial charge in [0.2, 0.25) is 5.69 Å². The van der Waals surface area contributed by atoms with Crippen LogP contribution in [-0.4, -0.2) is 13.7 Å². The van der Waals surface area contributed by atoms with E-state index in [0.717, 1.165) is 60.9 Å². The van der Waals surface area contributed by atoms with Gasteiger partial charge in [-0.25, -0.2) is 4.85 Å². The molecule has 0 saturated carbocycles. The highest BCUT2D eigenvalue weighted by molar-refractivity contribution is 6.15. The monoisotopic (exact) mass is 623 g/mol. The Kier molecular flexibility index (Phi) is 5.64. The van der Waals surface area contributed by atoms with Crippen LogP contribution in [0.5, 0.6) is 0 Å². The van der Waals surface area contributed by atoms with Crippen LogP contribution in [-0.2, 0) is 0 Å². The number of rotatable bonds is 3. The van der Waals surface area contributed by atoms with Gasteiger partial charge in [0.05, 0.1) is 62.7 Å². The molecule has 0 radical (unpaired) electrons. The first-order valence-corrected chi connectivity index (χ1v) is 16.2. The molecular weight excluding hydrogens is 599 g/mol. The van der Waals surface area contributed by atoms with Crippen LogP contribution in [0.1, 0.15) is 5.56 Å². The maximum absolute atomic E-state index is 9.97. The van der Waals surface area contributed by atoms with Crippen molar-refractivity contribution in [1.82, 2.24) is 13.7 Å². The van der Waals surface area contributed by atoms with Gasteiger partial charge >= 0.3 is 0 Å². The Hall–Kier alpha value is -7.08. The molecule has 0 amide bonds. The fourth-order valence-corrected chi connectivity index (χ4v) is 7.84. The zero-order chi connectivity index (χ0) is 32.6. The molecule has 0 saturated heterocycles. The van der Waals surface area contributed by atoms with E-state index in [1.54, 1.807) is 6.07 Å². The SMILES string of the molecule is [C-]#[N+]c1ccc(-n2c3ccccc3c3cc(-n4c5ccccc5c5ccccc54)c(-n4c5ccccc5c5ccccc54)cc32)cc1C#N. The Balaban J connectivity index is 1.43. The molecule has 0 bridgehead atoms. The van der Waals surface area contributed by atoms with E-state index in [0.29, 0.717) is 11.3 Å². The minimum Gasteiger partial charge on any atom is -0.309 e. The lowest BCUT2D eigenvalue weighted by Crippen LogP contribution is -2.04. The average molecular weight is 624 g/mol. The van der Waals surface area contributed by atoms with Gasteiger partial charge in [0.15, 0.2) is 0 Å². The molecule has 10 aromatic rings. The Bertz CT molecular complexity index is 2980. The minimum absolute atomic E-state index is 0.353. The molecule has 3 heterocycles. The molecule has 0 unspecified atom stereocenters. The fraction of sp³-hybridized carbons (Fsp3) is 0. The normalized spacial score (nSPS) is 11.6. The summed E-state index contributed by atoms with van der Waals surface area (Å²) < 4.78 is 7.04. The number of hydrogen-bond acceptors (Lipinski definition) is 1. The summed E-state index contributed by atoms with van der Waals surface area (Å²) in [6, 6.07) is 55.4. The Morgan fingerprint density at radius 3 is 1.29 bits per heavy atom. The van der Waals surface area contributed by atoms with Crippen molar-refractivity contribution in [1.29, 1.82) is 5.26 Å². The highest BCUT2D eigenvalue weighted by Gasteiger charge is 2.23. The number of nitriles is 1. The summed E-state index contributed by atoms with van der Waals surface area (Å²) in [5.74, 6) is 0. The van der Waals surface area contributed by atoms with Crippen LogP contribution >= 0.6 is 0 Å². The molecular formula is C44H25N5. The molecule has 10 rings (SSSR count). The highest BCUT2D eigenvalue weighted by atomic mass is 15.1.